The van der Waals surface area contributed by atoms with Crippen LogP contribution in [-0.2, 0) is 6.54 Å². The highest BCUT2D eigenvalue weighted by Crippen LogP contribution is 2.28. The second-order valence-corrected chi connectivity index (χ2v) is 7.25. The van der Waals surface area contributed by atoms with Crippen LogP contribution in [0, 0.1) is 0 Å². The van der Waals surface area contributed by atoms with Crippen molar-refractivity contribution in [3.63, 3.8) is 0 Å². The van der Waals surface area contributed by atoms with Crippen LogP contribution in [0.15, 0.2) is 23.6 Å². The summed E-state index contributed by atoms with van der Waals surface area (Å²) in [6, 6.07) is 5.24. The van der Waals surface area contributed by atoms with Crippen molar-refractivity contribution in [2.45, 2.75) is 25.3 Å². The van der Waals surface area contributed by atoms with E-state index in [-0.39, 0.29) is 5.91 Å². The summed E-state index contributed by atoms with van der Waals surface area (Å²) in [6.45, 7) is 2.39. The van der Waals surface area contributed by atoms with Gasteiger partial charge in [-0.05, 0) is 43.6 Å². The zero-order valence-corrected chi connectivity index (χ0v) is 14.8. The molecule has 1 aromatic carbocycles. The normalized spacial score (nSPS) is 15.6. The molecule has 1 aliphatic heterocycles. The van der Waals surface area contributed by atoms with Gasteiger partial charge < -0.3 is 10.6 Å². The number of amides is 1. The second kappa shape index (κ2) is 7.62. The smallest absolute Gasteiger partial charge is 0.271 e. The molecule has 2 heterocycles. The van der Waals surface area contributed by atoms with Crippen molar-refractivity contribution in [3.05, 3.63) is 49.9 Å². The van der Waals surface area contributed by atoms with Crippen LogP contribution < -0.4 is 10.6 Å². The SMILES string of the molecule is O=C(NCc1ccc(Cl)cc1Cl)c1csc(C2CCNCC2)n1. The van der Waals surface area contributed by atoms with E-state index in [9.17, 15) is 4.79 Å². The third kappa shape index (κ3) is 4.23. The van der Waals surface area contributed by atoms with Gasteiger partial charge in [-0.3, -0.25) is 4.79 Å². The van der Waals surface area contributed by atoms with E-state index in [0.717, 1.165) is 36.5 Å². The van der Waals surface area contributed by atoms with E-state index in [1.54, 1.807) is 23.5 Å². The summed E-state index contributed by atoms with van der Waals surface area (Å²) in [7, 11) is 0. The lowest BCUT2D eigenvalue weighted by atomic mass is 9.99. The van der Waals surface area contributed by atoms with Gasteiger partial charge in [0.2, 0.25) is 0 Å². The molecule has 0 atom stereocenters. The van der Waals surface area contributed by atoms with Crippen molar-refractivity contribution in [1.82, 2.24) is 15.6 Å². The standard InChI is InChI=1S/C16H17Cl2N3OS/c17-12-2-1-11(13(18)7-12)8-20-15(22)14-9-23-16(21-14)10-3-5-19-6-4-10/h1-2,7,9-10,19H,3-6,8H2,(H,20,22). The third-order valence-corrected chi connectivity index (χ3v) is 5.49. The average molecular weight is 370 g/mol. The average Bonchev–Trinajstić information content (AvgIpc) is 3.05. The van der Waals surface area contributed by atoms with Crippen LogP contribution in [0.2, 0.25) is 10.0 Å². The number of carbonyl (C=O) groups excluding carboxylic acids is 1. The zero-order chi connectivity index (χ0) is 16.2. The lowest BCUT2D eigenvalue weighted by Gasteiger charge is -2.20. The quantitative estimate of drug-likeness (QED) is 0.860. The Bertz CT molecular complexity index is 698. The molecule has 1 aliphatic rings. The fourth-order valence-electron chi connectivity index (χ4n) is 2.58. The minimum Gasteiger partial charge on any atom is -0.347 e. The van der Waals surface area contributed by atoms with E-state index in [0.29, 0.717) is 28.2 Å². The molecule has 0 bridgehead atoms. The number of nitrogens with zero attached hydrogens (tertiary/aromatic N) is 1. The van der Waals surface area contributed by atoms with Crippen LogP contribution >= 0.6 is 34.5 Å². The minimum absolute atomic E-state index is 0.174. The van der Waals surface area contributed by atoms with Crippen molar-refractivity contribution in [1.29, 1.82) is 0 Å². The summed E-state index contributed by atoms with van der Waals surface area (Å²) in [5.74, 6) is 0.293. The Hall–Kier alpha value is -1.14. The summed E-state index contributed by atoms with van der Waals surface area (Å²) in [4.78, 5) is 16.8. The highest BCUT2D eigenvalue weighted by molar-refractivity contribution is 7.09. The summed E-state index contributed by atoms with van der Waals surface area (Å²) in [5.41, 5.74) is 1.31. The number of piperidine rings is 1. The molecule has 1 saturated heterocycles. The number of hydrogen-bond donors (Lipinski definition) is 2. The molecule has 0 unspecified atom stereocenters. The van der Waals surface area contributed by atoms with E-state index in [2.05, 4.69) is 15.6 Å². The molecule has 0 aliphatic carbocycles. The van der Waals surface area contributed by atoms with Crippen LogP contribution in [0.25, 0.3) is 0 Å². The van der Waals surface area contributed by atoms with E-state index >= 15 is 0 Å². The Morgan fingerprint density at radius 2 is 2.13 bits per heavy atom. The maximum atomic E-state index is 12.2. The Morgan fingerprint density at radius 1 is 1.35 bits per heavy atom. The van der Waals surface area contributed by atoms with Crippen LogP contribution in [-0.4, -0.2) is 24.0 Å². The Morgan fingerprint density at radius 3 is 2.87 bits per heavy atom. The molecule has 1 fully saturated rings. The number of benzene rings is 1. The van der Waals surface area contributed by atoms with Crippen molar-refractivity contribution in [2.75, 3.05) is 13.1 Å². The van der Waals surface area contributed by atoms with Gasteiger partial charge in [0.1, 0.15) is 5.69 Å². The zero-order valence-electron chi connectivity index (χ0n) is 12.4. The van der Waals surface area contributed by atoms with Gasteiger partial charge in [-0.2, -0.15) is 0 Å². The van der Waals surface area contributed by atoms with Gasteiger partial charge in [-0.1, -0.05) is 29.3 Å². The van der Waals surface area contributed by atoms with E-state index in [4.69, 9.17) is 23.2 Å². The molecule has 0 spiro atoms. The largest absolute Gasteiger partial charge is 0.347 e. The predicted molar refractivity (Wildman–Crippen MR) is 94.6 cm³/mol. The summed E-state index contributed by atoms with van der Waals surface area (Å²) < 4.78 is 0. The Labute approximate surface area is 149 Å². The molecule has 7 heteroatoms. The lowest BCUT2D eigenvalue weighted by molar-refractivity contribution is 0.0946. The fraction of sp³-hybridized carbons (Fsp3) is 0.375. The topological polar surface area (TPSA) is 54.0 Å². The van der Waals surface area contributed by atoms with Gasteiger partial charge in [0.05, 0.1) is 5.01 Å². The molecule has 4 nitrogen and oxygen atoms in total. The third-order valence-electron chi connectivity index (χ3n) is 3.90. The number of aromatic nitrogens is 1. The number of thiazole rings is 1. The molecule has 0 saturated carbocycles. The minimum atomic E-state index is -0.174. The van der Waals surface area contributed by atoms with Crippen LogP contribution in [0.1, 0.15) is 39.8 Å². The van der Waals surface area contributed by atoms with Crippen LogP contribution in [0.4, 0.5) is 0 Å². The van der Waals surface area contributed by atoms with Gasteiger partial charge in [0.15, 0.2) is 0 Å². The van der Waals surface area contributed by atoms with Gasteiger partial charge in [0.25, 0.3) is 5.91 Å². The summed E-state index contributed by atoms with van der Waals surface area (Å²) >= 11 is 13.5. The molecule has 122 valence electrons. The van der Waals surface area contributed by atoms with E-state index < -0.39 is 0 Å². The maximum Gasteiger partial charge on any atom is 0.271 e. The second-order valence-electron chi connectivity index (χ2n) is 5.51. The first kappa shape index (κ1) is 16.7. The van der Waals surface area contributed by atoms with Crippen LogP contribution in [0.3, 0.4) is 0 Å². The number of carbonyl (C=O) groups is 1. The molecule has 2 N–H and O–H groups in total. The van der Waals surface area contributed by atoms with Gasteiger partial charge in [-0.25, -0.2) is 4.98 Å². The first-order chi connectivity index (χ1) is 11.1. The number of nitrogens with one attached hydrogen (secondary N) is 2. The Balaban J connectivity index is 1.61. The summed E-state index contributed by atoms with van der Waals surface area (Å²) in [5, 5.41) is 10.2. The molecule has 23 heavy (non-hydrogen) atoms. The number of hydrogen-bond acceptors (Lipinski definition) is 4. The first-order valence-electron chi connectivity index (χ1n) is 7.52. The van der Waals surface area contributed by atoms with E-state index in [1.165, 1.54) is 0 Å². The molecule has 0 radical (unpaired) electrons. The molecule has 2 aromatic rings. The monoisotopic (exact) mass is 369 g/mol. The molecule has 1 amide bonds. The highest BCUT2D eigenvalue weighted by Gasteiger charge is 2.20. The maximum absolute atomic E-state index is 12.2. The summed E-state index contributed by atoms with van der Waals surface area (Å²) in [6.07, 6.45) is 2.16. The van der Waals surface area contributed by atoms with Gasteiger partial charge >= 0.3 is 0 Å². The van der Waals surface area contributed by atoms with Crippen molar-refractivity contribution in [2.24, 2.45) is 0 Å². The molecule has 3 rings (SSSR count). The Kier molecular flexibility index (Phi) is 5.54. The van der Waals surface area contributed by atoms with Crippen molar-refractivity contribution in [3.8, 4) is 0 Å². The van der Waals surface area contributed by atoms with Gasteiger partial charge in [0, 0.05) is 27.9 Å². The van der Waals surface area contributed by atoms with Gasteiger partial charge in [-0.15, -0.1) is 11.3 Å². The first-order valence-corrected chi connectivity index (χ1v) is 9.15. The van der Waals surface area contributed by atoms with E-state index in [1.807, 2.05) is 11.4 Å². The predicted octanol–water partition coefficient (Wildman–Crippen LogP) is 3.85. The number of rotatable bonds is 4. The lowest BCUT2D eigenvalue weighted by Crippen LogP contribution is -2.27. The van der Waals surface area contributed by atoms with Crippen molar-refractivity contribution >= 4 is 40.4 Å². The van der Waals surface area contributed by atoms with Crippen LogP contribution in [0.5, 0.6) is 0 Å². The molecule has 1 aromatic heterocycles. The fourth-order valence-corrected chi connectivity index (χ4v) is 4.03. The molecular weight excluding hydrogens is 353 g/mol. The highest BCUT2D eigenvalue weighted by atomic mass is 35.5. The van der Waals surface area contributed by atoms with Crippen molar-refractivity contribution < 1.29 is 4.79 Å². The molecular formula is C16H17Cl2N3OS. The number of halogens is 2.